The molecule has 1 aromatic heterocycles. The lowest BCUT2D eigenvalue weighted by atomic mass is 9.90. The molecule has 90 valence electrons. The van der Waals surface area contributed by atoms with Crippen LogP contribution in [0.25, 0.3) is 11.6 Å². The van der Waals surface area contributed by atoms with E-state index < -0.39 is 0 Å². The van der Waals surface area contributed by atoms with Gasteiger partial charge in [0.15, 0.2) is 0 Å². The van der Waals surface area contributed by atoms with Crippen LogP contribution in [0.1, 0.15) is 24.0 Å². The lowest BCUT2D eigenvalue weighted by Gasteiger charge is -2.22. The fourth-order valence-corrected chi connectivity index (χ4v) is 2.32. The lowest BCUT2D eigenvalue weighted by Crippen LogP contribution is -2.12. The van der Waals surface area contributed by atoms with Crippen LogP contribution in [0, 0.1) is 17.5 Å². The number of hydrogen-bond donors (Lipinski definition) is 1. The fraction of sp³-hybridized carbons (Fsp3) is 0.385. The van der Waals surface area contributed by atoms with Gasteiger partial charge in [0.05, 0.1) is 5.69 Å². The third-order valence-electron chi connectivity index (χ3n) is 2.80. The Bertz CT molecular complexity index is 552. The van der Waals surface area contributed by atoms with Crippen LogP contribution in [0.5, 0.6) is 0 Å². The predicted octanol–water partition coefficient (Wildman–Crippen LogP) is 3.01. The summed E-state index contributed by atoms with van der Waals surface area (Å²) in [6.45, 7) is 4.12. The number of nitrogens with one attached hydrogen (secondary N) is 1. The largest absolute Gasteiger partial charge is 0.383 e. The number of fused-ring (bicyclic) bond motifs is 1. The molecule has 1 unspecified atom stereocenters. The Morgan fingerprint density at radius 1 is 1.47 bits per heavy atom. The second kappa shape index (κ2) is 4.45. The van der Waals surface area contributed by atoms with Crippen molar-refractivity contribution in [3.8, 4) is 0 Å². The summed E-state index contributed by atoms with van der Waals surface area (Å²) >= 11 is 5.31. The minimum Gasteiger partial charge on any atom is -0.383 e. The van der Waals surface area contributed by atoms with Gasteiger partial charge in [-0.3, -0.25) is 0 Å². The molecule has 0 bridgehead atoms. The van der Waals surface area contributed by atoms with Crippen molar-refractivity contribution in [3.63, 3.8) is 0 Å². The van der Waals surface area contributed by atoms with Crippen molar-refractivity contribution < 1.29 is 0 Å². The molecule has 1 heterocycles. The van der Waals surface area contributed by atoms with Gasteiger partial charge in [-0.25, -0.2) is 4.98 Å². The van der Waals surface area contributed by atoms with E-state index in [1.165, 1.54) is 5.57 Å². The van der Waals surface area contributed by atoms with Crippen molar-refractivity contribution in [2.45, 2.75) is 13.8 Å². The van der Waals surface area contributed by atoms with Crippen molar-refractivity contribution in [2.24, 2.45) is 5.92 Å². The molecule has 17 heavy (non-hydrogen) atoms. The summed E-state index contributed by atoms with van der Waals surface area (Å²) in [4.78, 5) is 9.68. The summed E-state index contributed by atoms with van der Waals surface area (Å²) in [5.74, 6) is 1.25. The number of aromatic nitrogens is 2. The van der Waals surface area contributed by atoms with Gasteiger partial charge in [0.1, 0.15) is 10.5 Å². The Hall–Kier alpha value is -1.42. The Morgan fingerprint density at radius 3 is 2.82 bits per heavy atom. The minimum absolute atomic E-state index is 0.386. The molecule has 0 saturated carbocycles. The topological polar surface area (TPSA) is 31.9 Å². The van der Waals surface area contributed by atoms with Crippen molar-refractivity contribution >= 4 is 23.9 Å². The normalized spacial score (nSPS) is 20.5. The summed E-state index contributed by atoms with van der Waals surface area (Å²) in [6, 6.07) is 0. The first kappa shape index (κ1) is 12.0. The van der Waals surface area contributed by atoms with Gasteiger partial charge in [-0.1, -0.05) is 31.3 Å². The molecule has 0 saturated heterocycles. The van der Waals surface area contributed by atoms with Crippen molar-refractivity contribution in [3.05, 3.63) is 34.0 Å². The van der Waals surface area contributed by atoms with Gasteiger partial charge in [0, 0.05) is 31.8 Å². The summed E-state index contributed by atoms with van der Waals surface area (Å²) < 4.78 is 0.670. The summed E-state index contributed by atoms with van der Waals surface area (Å²) in [6.07, 6.45) is 6.37. The first-order chi connectivity index (χ1) is 7.99. The van der Waals surface area contributed by atoms with E-state index >= 15 is 0 Å². The third-order valence-corrected chi connectivity index (χ3v) is 3.11. The molecule has 2 rings (SSSR count). The van der Waals surface area contributed by atoms with E-state index in [-0.39, 0.29) is 0 Å². The number of nitrogens with zero attached hydrogens (tertiary/aromatic N) is 2. The maximum absolute atomic E-state index is 5.31. The number of aromatic amines is 1. The smallest absolute Gasteiger partial charge is 0.137 e. The zero-order valence-electron chi connectivity index (χ0n) is 10.6. The van der Waals surface area contributed by atoms with E-state index in [4.69, 9.17) is 12.2 Å². The zero-order valence-corrected chi connectivity index (χ0v) is 11.4. The number of rotatable bonds is 1. The molecule has 1 aromatic rings. The van der Waals surface area contributed by atoms with Gasteiger partial charge < -0.3 is 9.88 Å². The molecule has 0 spiro atoms. The number of aryl methyl sites for hydroxylation is 1. The zero-order chi connectivity index (χ0) is 12.6. The van der Waals surface area contributed by atoms with Gasteiger partial charge >= 0.3 is 0 Å². The van der Waals surface area contributed by atoms with Crippen LogP contribution >= 0.6 is 12.2 Å². The molecular weight excluding hydrogens is 230 g/mol. The molecule has 1 atom stereocenters. The van der Waals surface area contributed by atoms with E-state index in [0.29, 0.717) is 10.6 Å². The molecule has 0 radical (unpaired) electrons. The van der Waals surface area contributed by atoms with Crippen molar-refractivity contribution in [2.75, 3.05) is 14.1 Å². The van der Waals surface area contributed by atoms with Crippen LogP contribution in [0.3, 0.4) is 0 Å². The fourth-order valence-electron chi connectivity index (χ4n) is 2.01. The van der Waals surface area contributed by atoms with E-state index in [2.05, 4.69) is 40.1 Å². The van der Waals surface area contributed by atoms with E-state index in [1.54, 1.807) is 0 Å². The minimum atomic E-state index is 0.386. The number of allylic oxidation sites excluding steroid dienone is 2. The van der Waals surface area contributed by atoms with Gasteiger partial charge in [0.25, 0.3) is 0 Å². The molecule has 1 aliphatic carbocycles. The maximum atomic E-state index is 5.31. The van der Waals surface area contributed by atoms with Crippen LogP contribution in [0.15, 0.2) is 12.3 Å². The third kappa shape index (κ3) is 2.31. The molecule has 4 heteroatoms. The van der Waals surface area contributed by atoms with E-state index in [1.807, 2.05) is 21.0 Å². The highest BCUT2D eigenvalue weighted by Gasteiger charge is 2.18. The summed E-state index contributed by atoms with van der Waals surface area (Å²) in [5.41, 5.74) is 3.38. The second-order valence-electron chi connectivity index (χ2n) is 4.61. The molecule has 0 aliphatic heterocycles. The van der Waals surface area contributed by atoms with Crippen LogP contribution in [0.4, 0.5) is 0 Å². The highest BCUT2D eigenvalue weighted by molar-refractivity contribution is 7.71. The van der Waals surface area contributed by atoms with Gasteiger partial charge in [-0.15, -0.1) is 0 Å². The molecule has 1 N–H and O–H groups in total. The SMILES string of the molecule is Cc1nc(=S)c2c([nH]1)C(=CN(C)C)C(C)C=C2. The average Bonchev–Trinajstić information content (AvgIpc) is 2.21. The second-order valence-corrected chi connectivity index (χ2v) is 5.00. The lowest BCUT2D eigenvalue weighted by molar-refractivity contribution is 0.561. The van der Waals surface area contributed by atoms with Gasteiger partial charge in [-0.05, 0) is 12.5 Å². The van der Waals surface area contributed by atoms with Gasteiger partial charge in [0.2, 0.25) is 0 Å². The van der Waals surface area contributed by atoms with Gasteiger partial charge in [-0.2, -0.15) is 0 Å². The Morgan fingerprint density at radius 2 is 2.18 bits per heavy atom. The Labute approximate surface area is 107 Å². The van der Waals surface area contributed by atoms with E-state index in [9.17, 15) is 0 Å². The highest BCUT2D eigenvalue weighted by atomic mass is 32.1. The van der Waals surface area contributed by atoms with Crippen LogP contribution < -0.4 is 0 Å². The van der Waals surface area contributed by atoms with Crippen LogP contribution in [-0.2, 0) is 0 Å². The maximum Gasteiger partial charge on any atom is 0.137 e. The standard InChI is InChI=1S/C13H17N3S/c1-8-5-6-10-12(11(8)7-16(3)4)14-9(2)15-13(10)17/h5-8H,1-4H3,(H,14,15,17). The van der Waals surface area contributed by atoms with Crippen LogP contribution in [0.2, 0.25) is 0 Å². The highest BCUT2D eigenvalue weighted by Crippen LogP contribution is 2.32. The van der Waals surface area contributed by atoms with Crippen molar-refractivity contribution in [1.29, 1.82) is 0 Å². The van der Waals surface area contributed by atoms with Crippen molar-refractivity contribution in [1.82, 2.24) is 14.9 Å². The summed E-state index contributed by atoms with van der Waals surface area (Å²) in [5, 5.41) is 0. The molecule has 0 amide bonds. The molecule has 0 aromatic carbocycles. The first-order valence-electron chi connectivity index (χ1n) is 5.66. The number of hydrogen-bond acceptors (Lipinski definition) is 3. The monoisotopic (exact) mass is 247 g/mol. The first-order valence-corrected chi connectivity index (χ1v) is 6.07. The summed E-state index contributed by atoms with van der Waals surface area (Å²) in [7, 11) is 4.06. The van der Waals surface area contributed by atoms with E-state index in [0.717, 1.165) is 17.1 Å². The molecule has 1 aliphatic rings. The Kier molecular flexibility index (Phi) is 3.15. The molecule has 0 fully saturated rings. The molecule has 3 nitrogen and oxygen atoms in total. The van der Waals surface area contributed by atoms with Crippen LogP contribution in [-0.4, -0.2) is 29.0 Å². The Balaban J connectivity index is 2.68. The molecular formula is C13H17N3S. The predicted molar refractivity (Wildman–Crippen MR) is 74.0 cm³/mol. The average molecular weight is 247 g/mol. The quantitative estimate of drug-likeness (QED) is 0.774. The number of H-pyrrole nitrogens is 1.